The second kappa shape index (κ2) is 7.17. The first-order chi connectivity index (χ1) is 14.6. The minimum absolute atomic E-state index is 0.0532. The molecule has 2 fully saturated rings. The van der Waals surface area contributed by atoms with Gasteiger partial charge in [-0.05, 0) is 49.3 Å². The molecule has 2 unspecified atom stereocenters. The lowest BCUT2D eigenvalue weighted by Gasteiger charge is -2.48. The first kappa shape index (κ1) is 21.5. The van der Waals surface area contributed by atoms with Gasteiger partial charge in [-0.25, -0.2) is 0 Å². The molecule has 0 spiro atoms. The maximum Gasteiger partial charge on any atom is 0.190 e. The summed E-state index contributed by atoms with van der Waals surface area (Å²) in [6, 6.07) is 1.63. The average Bonchev–Trinajstić information content (AvgIpc) is 2.70. The summed E-state index contributed by atoms with van der Waals surface area (Å²) >= 11 is 0. The molecular weight excluding hydrogens is 404 g/mol. The number of fused-ring (bicyclic) bond motifs is 3. The summed E-state index contributed by atoms with van der Waals surface area (Å²) in [4.78, 5) is 64.0. The minimum atomic E-state index is -2.57. The van der Waals surface area contributed by atoms with Crippen LogP contribution in [-0.2, 0) is 38.6 Å². The molecule has 31 heavy (non-hydrogen) atoms. The number of phenols is 1. The Morgan fingerprint density at radius 1 is 1.13 bits per heavy atom. The van der Waals surface area contributed by atoms with E-state index >= 15 is 0 Å². The Labute approximate surface area is 178 Å². The highest BCUT2D eigenvalue weighted by molar-refractivity contribution is 6.31. The Morgan fingerprint density at radius 2 is 1.81 bits per heavy atom. The van der Waals surface area contributed by atoms with Crippen LogP contribution in [0.2, 0.25) is 0 Å². The maximum atomic E-state index is 13.4. The Hall–Kier alpha value is -2.71. The van der Waals surface area contributed by atoms with Crippen molar-refractivity contribution in [2.75, 3.05) is 0 Å². The van der Waals surface area contributed by atoms with E-state index in [-0.39, 0.29) is 30.4 Å². The Morgan fingerprint density at radius 3 is 2.39 bits per heavy atom. The molecule has 1 aromatic rings. The van der Waals surface area contributed by atoms with Crippen molar-refractivity contribution in [2.24, 2.45) is 23.7 Å². The van der Waals surface area contributed by atoms with Crippen molar-refractivity contribution < 1.29 is 39.3 Å². The van der Waals surface area contributed by atoms with E-state index < -0.39 is 70.5 Å². The molecule has 8 heteroatoms. The van der Waals surface area contributed by atoms with Gasteiger partial charge in [0.2, 0.25) is 0 Å². The molecule has 164 valence electrons. The second-order valence-corrected chi connectivity index (χ2v) is 8.86. The first-order valence-electron chi connectivity index (χ1n) is 10.4. The van der Waals surface area contributed by atoms with E-state index in [9.17, 15) is 39.3 Å². The summed E-state index contributed by atoms with van der Waals surface area (Å²) in [6.45, 7) is 2.44. The number of aliphatic hydroxyl groups excluding tert-OH is 1. The lowest BCUT2D eigenvalue weighted by molar-refractivity contribution is -0.175. The van der Waals surface area contributed by atoms with Gasteiger partial charge in [0.15, 0.2) is 28.7 Å². The molecule has 2 saturated carbocycles. The summed E-state index contributed by atoms with van der Waals surface area (Å²) in [5, 5.41) is 31.3. The second-order valence-electron chi connectivity index (χ2n) is 8.86. The lowest BCUT2D eigenvalue weighted by atomic mass is 9.53. The fourth-order valence-corrected chi connectivity index (χ4v) is 5.73. The van der Waals surface area contributed by atoms with Crippen LogP contribution in [0.15, 0.2) is 6.07 Å². The highest BCUT2D eigenvalue weighted by Crippen LogP contribution is 2.50. The van der Waals surface area contributed by atoms with Gasteiger partial charge in [-0.3, -0.25) is 24.0 Å². The molecule has 0 amide bonds. The molecule has 8 nitrogen and oxygen atoms in total. The molecule has 0 heterocycles. The van der Waals surface area contributed by atoms with Gasteiger partial charge < -0.3 is 15.3 Å². The van der Waals surface area contributed by atoms with Gasteiger partial charge in [0.05, 0.1) is 18.1 Å². The third kappa shape index (κ3) is 2.78. The van der Waals surface area contributed by atoms with E-state index in [0.717, 1.165) is 12.5 Å². The van der Waals surface area contributed by atoms with Crippen molar-refractivity contribution in [3.8, 4) is 5.75 Å². The number of carbonyl (C=O) groups is 5. The summed E-state index contributed by atoms with van der Waals surface area (Å²) in [7, 11) is 0. The van der Waals surface area contributed by atoms with Crippen molar-refractivity contribution >= 4 is 28.9 Å². The number of ketones is 5. The molecule has 3 N–H and O–H groups in total. The van der Waals surface area contributed by atoms with Crippen molar-refractivity contribution in [3.63, 3.8) is 0 Å². The maximum absolute atomic E-state index is 13.4. The average molecular weight is 428 g/mol. The highest BCUT2D eigenvalue weighted by atomic mass is 16.3. The predicted molar refractivity (Wildman–Crippen MR) is 105 cm³/mol. The molecule has 0 saturated heterocycles. The minimum Gasteiger partial charge on any atom is -0.507 e. The van der Waals surface area contributed by atoms with Crippen molar-refractivity contribution in [1.82, 2.24) is 0 Å². The van der Waals surface area contributed by atoms with Crippen molar-refractivity contribution in [3.05, 3.63) is 28.3 Å². The van der Waals surface area contributed by atoms with Gasteiger partial charge in [0.25, 0.3) is 0 Å². The number of rotatable bonds is 3. The fraction of sp³-hybridized carbons (Fsp3) is 0.522. The smallest absolute Gasteiger partial charge is 0.190 e. The number of benzene rings is 1. The number of aromatic hydroxyl groups is 1. The summed E-state index contributed by atoms with van der Waals surface area (Å²) in [5.41, 5.74) is -1.10. The molecule has 1 aromatic carbocycles. The number of carbonyl (C=O) groups excluding carboxylic acids is 5. The Balaban J connectivity index is 1.84. The van der Waals surface area contributed by atoms with Crippen LogP contribution < -0.4 is 0 Å². The topological polar surface area (TPSA) is 146 Å². The van der Waals surface area contributed by atoms with E-state index in [1.165, 1.54) is 0 Å². The normalized spacial score (nSPS) is 32.4. The van der Waals surface area contributed by atoms with E-state index in [4.69, 9.17) is 0 Å². The SMILES string of the molecule is CCc1cc(CO)c(O)c2c1C[C@H]1C[C@H]3CC(=O)C(C(C)=O)C(=O)[C@@]3(O)C(=O)C1C2=O. The zero-order valence-corrected chi connectivity index (χ0v) is 17.3. The molecule has 0 radical (unpaired) electrons. The van der Waals surface area contributed by atoms with E-state index in [1.807, 2.05) is 6.92 Å². The quantitative estimate of drug-likeness (QED) is 0.590. The van der Waals surface area contributed by atoms with Crippen LogP contribution in [0, 0.1) is 23.7 Å². The first-order valence-corrected chi connectivity index (χ1v) is 10.4. The number of aliphatic hydroxyl groups is 2. The zero-order chi connectivity index (χ0) is 22.8. The van der Waals surface area contributed by atoms with Gasteiger partial charge >= 0.3 is 0 Å². The van der Waals surface area contributed by atoms with E-state index in [1.54, 1.807) is 6.07 Å². The lowest BCUT2D eigenvalue weighted by Crippen LogP contribution is -2.67. The predicted octanol–water partition coefficient (Wildman–Crippen LogP) is 0.485. The Bertz CT molecular complexity index is 1050. The molecule has 5 atom stereocenters. The number of Topliss-reactive ketones (excluding diaryl/α,β-unsaturated/α-hetero) is 5. The third-order valence-electron chi connectivity index (χ3n) is 7.25. The van der Waals surface area contributed by atoms with Gasteiger partial charge in [0, 0.05) is 17.9 Å². The van der Waals surface area contributed by atoms with Crippen LogP contribution >= 0.6 is 0 Å². The fourth-order valence-electron chi connectivity index (χ4n) is 5.73. The summed E-state index contributed by atoms with van der Waals surface area (Å²) < 4.78 is 0. The standard InChI is InChI=1S/C23H24O8/c1-3-10-4-12(8-24)19(27)18-14(10)6-11-5-13-7-15(26)16(9(2)25)21(29)23(13,31)22(30)17(11)20(18)28/h4,11,13,16-17,24,27,31H,3,5-8H2,1-2H3/t11-,13+,16?,17?,23-/m1/s1. The molecule has 3 aliphatic rings. The monoisotopic (exact) mass is 428 g/mol. The van der Waals surface area contributed by atoms with Crippen LogP contribution in [0.4, 0.5) is 0 Å². The molecular formula is C23H24O8. The van der Waals surface area contributed by atoms with Crippen molar-refractivity contribution in [1.29, 1.82) is 0 Å². The number of hydrogen-bond donors (Lipinski definition) is 3. The van der Waals surface area contributed by atoms with Gasteiger partial charge in [-0.1, -0.05) is 6.92 Å². The zero-order valence-electron chi connectivity index (χ0n) is 17.3. The van der Waals surface area contributed by atoms with Crippen LogP contribution in [0.3, 0.4) is 0 Å². The van der Waals surface area contributed by atoms with Crippen LogP contribution in [0.5, 0.6) is 5.75 Å². The van der Waals surface area contributed by atoms with Gasteiger partial charge in [-0.2, -0.15) is 0 Å². The van der Waals surface area contributed by atoms with Crippen LogP contribution in [0.25, 0.3) is 0 Å². The number of hydrogen-bond acceptors (Lipinski definition) is 8. The van der Waals surface area contributed by atoms with Crippen LogP contribution in [-0.4, -0.2) is 49.8 Å². The van der Waals surface area contributed by atoms with E-state index in [0.29, 0.717) is 12.0 Å². The van der Waals surface area contributed by atoms with E-state index in [2.05, 4.69) is 0 Å². The molecule has 0 aliphatic heterocycles. The van der Waals surface area contributed by atoms with Gasteiger partial charge in [0.1, 0.15) is 17.5 Å². The highest BCUT2D eigenvalue weighted by Gasteiger charge is 2.65. The van der Waals surface area contributed by atoms with Crippen LogP contribution in [0.1, 0.15) is 53.7 Å². The van der Waals surface area contributed by atoms with Crippen molar-refractivity contribution in [2.45, 2.75) is 51.7 Å². The summed E-state index contributed by atoms with van der Waals surface area (Å²) in [5.74, 6) is -9.17. The molecule has 4 rings (SSSR count). The van der Waals surface area contributed by atoms with Gasteiger partial charge in [-0.15, -0.1) is 0 Å². The molecule has 3 aliphatic carbocycles. The third-order valence-corrected chi connectivity index (χ3v) is 7.25. The molecule has 0 aromatic heterocycles. The largest absolute Gasteiger partial charge is 0.507 e. The number of aryl methyl sites for hydroxylation is 1. The Kier molecular flexibility index (Phi) is 4.98. The summed E-state index contributed by atoms with van der Waals surface area (Å²) in [6.07, 6.45) is 0.633. The molecule has 0 bridgehead atoms.